The van der Waals surface area contributed by atoms with Crippen molar-refractivity contribution in [1.29, 1.82) is 0 Å². The van der Waals surface area contributed by atoms with E-state index in [4.69, 9.17) is 31.9 Å². The first-order valence-electron chi connectivity index (χ1n) is 18.4. The second-order valence-corrected chi connectivity index (χ2v) is 15.2. The standard InChI is InChI=1S/C48H36O7P2/c1-49-47-20-10-19-42(33-50-56(51-43-25-21-34-11-2-6-15-38(34)29-43)52-44-26-22-35-12-3-7-16-39(35)30-44)48(47)55-57(53-45-27-23-36-13-4-8-17-40(36)31-45)54-46-28-24-37-14-5-9-18-41(37)32-46/h2-32H,33H2,1H3. The average Bonchev–Trinajstić information content (AvgIpc) is 3.25. The van der Waals surface area contributed by atoms with Gasteiger partial charge >= 0.3 is 17.2 Å². The van der Waals surface area contributed by atoms with Gasteiger partial charge in [0, 0.05) is 5.56 Å². The second kappa shape index (κ2) is 16.8. The molecule has 0 N–H and O–H groups in total. The Hall–Kier alpha value is -6.36. The van der Waals surface area contributed by atoms with Crippen molar-refractivity contribution in [2.75, 3.05) is 7.11 Å². The lowest BCUT2D eigenvalue weighted by Gasteiger charge is -2.22. The number of benzene rings is 9. The van der Waals surface area contributed by atoms with Crippen LogP contribution in [-0.2, 0) is 11.1 Å². The summed E-state index contributed by atoms with van der Waals surface area (Å²) < 4.78 is 45.1. The third-order valence-corrected chi connectivity index (χ3v) is 11.5. The fourth-order valence-electron chi connectivity index (χ4n) is 6.50. The number of hydrogen-bond acceptors (Lipinski definition) is 7. The highest BCUT2D eigenvalue weighted by molar-refractivity contribution is 7.43. The van der Waals surface area contributed by atoms with E-state index in [1.807, 2.05) is 164 Å². The maximum Gasteiger partial charge on any atom is 0.530 e. The molecule has 0 saturated heterocycles. The van der Waals surface area contributed by atoms with E-state index >= 15 is 0 Å². The number of rotatable bonds is 14. The zero-order chi connectivity index (χ0) is 38.4. The monoisotopic (exact) mass is 786 g/mol. The molecule has 0 fully saturated rings. The van der Waals surface area contributed by atoms with Gasteiger partial charge in [-0.15, -0.1) is 0 Å². The number of fused-ring (bicyclic) bond motifs is 4. The number of hydrogen-bond donors (Lipinski definition) is 0. The normalized spacial score (nSPS) is 11.4. The molecule has 0 unspecified atom stereocenters. The fourth-order valence-corrected chi connectivity index (χ4v) is 8.50. The molecule has 280 valence electrons. The van der Waals surface area contributed by atoms with Crippen LogP contribution in [0.3, 0.4) is 0 Å². The van der Waals surface area contributed by atoms with Crippen LogP contribution in [0.1, 0.15) is 5.56 Å². The van der Waals surface area contributed by atoms with Crippen molar-refractivity contribution >= 4 is 60.3 Å². The van der Waals surface area contributed by atoms with Gasteiger partial charge in [-0.25, -0.2) is 0 Å². The molecule has 0 aliphatic rings. The summed E-state index contributed by atoms with van der Waals surface area (Å²) in [5.41, 5.74) is 0.683. The molecular weight excluding hydrogens is 750 g/mol. The molecule has 0 radical (unpaired) electrons. The lowest BCUT2D eigenvalue weighted by atomic mass is 10.1. The van der Waals surface area contributed by atoms with Gasteiger partial charge < -0.3 is 27.4 Å². The Morgan fingerprint density at radius 2 is 0.719 bits per heavy atom. The summed E-state index contributed by atoms with van der Waals surface area (Å²) in [7, 11) is -2.43. The van der Waals surface area contributed by atoms with E-state index in [2.05, 4.69) is 24.3 Å². The first kappa shape index (κ1) is 36.3. The van der Waals surface area contributed by atoms with Crippen LogP contribution < -0.4 is 27.4 Å². The van der Waals surface area contributed by atoms with Crippen LogP contribution in [0, 0.1) is 0 Å². The van der Waals surface area contributed by atoms with Crippen molar-refractivity contribution in [3.63, 3.8) is 0 Å². The van der Waals surface area contributed by atoms with Crippen LogP contribution in [0.15, 0.2) is 188 Å². The smallest absolute Gasteiger partial charge is 0.493 e. The number of ether oxygens (including phenoxy) is 1. The van der Waals surface area contributed by atoms with Gasteiger partial charge in [-0.2, -0.15) is 0 Å². The number of methoxy groups -OCH3 is 1. The molecule has 9 heteroatoms. The molecule has 0 atom stereocenters. The van der Waals surface area contributed by atoms with Crippen molar-refractivity contribution < 1.29 is 31.9 Å². The molecule has 57 heavy (non-hydrogen) atoms. The van der Waals surface area contributed by atoms with E-state index < -0.39 is 17.2 Å². The van der Waals surface area contributed by atoms with Gasteiger partial charge in [0.25, 0.3) is 0 Å². The van der Waals surface area contributed by atoms with Crippen LogP contribution in [0.2, 0.25) is 0 Å². The van der Waals surface area contributed by atoms with Crippen molar-refractivity contribution in [3.8, 4) is 34.5 Å². The quantitative estimate of drug-likeness (QED) is 0.102. The molecule has 0 amide bonds. The summed E-state index contributed by atoms with van der Waals surface area (Å²) in [6, 6.07) is 61.8. The van der Waals surface area contributed by atoms with Gasteiger partial charge in [0.2, 0.25) is 0 Å². The molecule has 0 aromatic heterocycles. The average molecular weight is 787 g/mol. The molecule has 0 saturated carbocycles. The minimum atomic E-state index is -2.07. The topological polar surface area (TPSA) is 64.6 Å². The van der Waals surface area contributed by atoms with E-state index in [-0.39, 0.29) is 6.61 Å². The highest BCUT2D eigenvalue weighted by atomic mass is 31.2. The Labute approximate surface area is 332 Å². The van der Waals surface area contributed by atoms with Gasteiger partial charge in [-0.1, -0.05) is 133 Å². The molecule has 0 aliphatic heterocycles. The van der Waals surface area contributed by atoms with Crippen LogP contribution in [0.25, 0.3) is 43.1 Å². The minimum Gasteiger partial charge on any atom is -0.493 e. The highest BCUT2D eigenvalue weighted by Crippen LogP contribution is 2.49. The van der Waals surface area contributed by atoms with Crippen molar-refractivity contribution in [1.82, 2.24) is 0 Å². The lowest BCUT2D eigenvalue weighted by molar-refractivity contribution is 0.252. The van der Waals surface area contributed by atoms with E-state index in [1.165, 1.54) is 0 Å². The lowest BCUT2D eigenvalue weighted by Crippen LogP contribution is -2.06. The summed E-state index contributed by atoms with van der Waals surface area (Å²) in [5, 5.41) is 8.58. The Kier molecular flexibility index (Phi) is 10.7. The molecule has 0 spiro atoms. The van der Waals surface area contributed by atoms with E-state index in [1.54, 1.807) is 7.11 Å². The summed E-state index contributed by atoms with van der Waals surface area (Å²) >= 11 is 0. The first-order valence-corrected chi connectivity index (χ1v) is 20.6. The molecule has 9 rings (SSSR count). The van der Waals surface area contributed by atoms with Gasteiger partial charge in [-0.3, -0.25) is 4.52 Å². The zero-order valence-corrected chi connectivity index (χ0v) is 32.6. The van der Waals surface area contributed by atoms with Gasteiger partial charge in [0.1, 0.15) is 23.0 Å². The summed E-state index contributed by atoms with van der Waals surface area (Å²) in [4.78, 5) is 0. The fraction of sp³-hybridized carbons (Fsp3) is 0.0417. The van der Waals surface area contributed by atoms with Crippen LogP contribution in [-0.4, -0.2) is 7.11 Å². The number of para-hydroxylation sites is 1. The van der Waals surface area contributed by atoms with Crippen molar-refractivity contribution in [2.45, 2.75) is 6.61 Å². The van der Waals surface area contributed by atoms with E-state index in [9.17, 15) is 0 Å². The predicted octanol–water partition coefficient (Wildman–Crippen LogP) is 14.0. The minimum absolute atomic E-state index is 0.0640. The van der Waals surface area contributed by atoms with E-state index in [0.717, 1.165) is 43.1 Å². The molecule has 9 aromatic rings. The molecular formula is C48H36O7P2. The summed E-state index contributed by atoms with van der Waals surface area (Å²) in [6.45, 7) is 0.0640. The van der Waals surface area contributed by atoms with Crippen molar-refractivity contribution in [3.05, 3.63) is 194 Å². The molecule has 0 heterocycles. The van der Waals surface area contributed by atoms with Crippen molar-refractivity contribution in [2.24, 2.45) is 0 Å². The molecule has 0 bridgehead atoms. The molecule has 9 aromatic carbocycles. The third kappa shape index (κ3) is 8.57. The third-order valence-electron chi connectivity index (χ3n) is 9.38. The Morgan fingerprint density at radius 1 is 0.351 bits per heavy atom. The van der Waals surface area contributed by atoms with Crippen LogP contribution >= 0.6 is 17.2 Å². The summed E-state index contributed by atoms with van der Waals surface area (Å²) in [6.07, 6.45) is 0. The van der Waals surface area contributed by atoms with Gasteiger partial charge in [0.05, 0.1) is 13.7 Å². The van der Waals surface area contributed by atoms with Crippen LogP contribution in [0.4, 0.5) is 0 Å². The SMILES string of the molecule is COc1cccc(COP(Oc2ccc3ccccc3c2)Oc2ccc3ccccc3c2)c1OP(Oc1ccc2ccccc2c1)Oc1ccc2ccccc2c1. The zero-order valence-electron chi connectivity index (χ0n) is 30.9. The highest BCUT2D eigenvalue weighted by Gasteiger charge is 2.26. The van der Waals surface area contributed by atoms with Crippen LogP contribution in [0.5, 0.6) is 34.5 Å². The molecule has 0 aliphatic carbocycles. The predicted molar refractivity (Wildman–Crippen MR) is 231 cm³/mol. The van der Waals surface area contributed by atoms with Gasteiger partial charge in [0.15, 0.2) is 11.5 Å². The summed E-state index contributed by atoms with van der Waals surface area (Å²) in [5.74, 6) is 3.36. The Morgan fingerprint density at radius 3 is 1.11 bits per heavy atom. The largest absolute Gasteiger partial charge is 0.530 e. The second-order valence-electron chi connectivity index (χ2n) is 13.2. The molecule has 7 nitrogen and oxygen atoms in total. The maximum atomic E-state index is 6.71. The Balaban J connectivity index is 1.02. The first-order chi connectivity index (χ1) is 28.1. The maximum absolute atomic E-state index is 6.71. The van der Waals surface area contributed by atoms with Gasteiger partial charge in [-0.05, 0) is 97.7 Å². The van der Waals surface area contributed by atoms with E-state index in [0.29, 0.717) is 40.1 Å². The Bertz CT molecular complexity index is 2670.